The average Bonchev–Trinajstić information content (AvgIpc) is 2.52. The molecule has 5 nitrogen and oxygen atoms in total. The number of methoxy groups -OCH3 is 1. The van der Waals surface area contributed by atoms with Crippen molar-refractivity contribution < 1.29 is 14.6 Å². The Labute approximate surface area is 123 Å². The number of aliphatic hydroxyl groups is 1. The summed E-state index contributed by atoms with van der Waals surface area (Å²) in [5.41, 5.74) is 1.90. The summed E-state index contributed by atoms with van der Waals surface area (Å²) in [4.78, 5) is 16.1. The van der Waals surface area contributed by atoms with Crippen molar-refractivity contribution >= 4 is 5.91 Å². The molecule has 2 N–H and O–H groups in total. The van der Waals surface area contributed by atoms with Crippen LogP contribution in [-0.2, 0) is 0 Å². The molecule has 110 valence electrons. The number of aryl methyl sites for hydroxylation is 1. The third kappa shape index (κ3) is 3.79. The molecule has 21 heavy (non-hydrogen) atoms. The molecule has 0 spiro atoms. The number of aliphatic hydroxyl groups excluding tert-OH is 1. The van der Waals surface area contributed by atoms with Gasteiger partial charge in [-0.3, -0.25) is 9.78 Å². The van der Waals surface area contributed by atoms with Gasteiger partial charge in [-0.2, -0.15) is 0 Å². The Hall–Kier alpha value is -2.40. The van der Waals surface area contributed by atoms with Crippen LogP contribution >= 0.6 is 0 Å². The highest BCUT2D eigenvalue weighted by Gasteiger charge is 2.12. The number of benzene rings is 1. The first-order valence-electron chi connectivity index (χ1n) is 6.63. The van der Waals surface area contributed by atoms with Crippen molar-refractivity contribution in [2.75, 3.05) is 13.7 Å². The minimum absolute atomic E-state index is 0.138. The molecule has 1 atom stereocenters. The highest BCUT2D eigenvalue weighted by molar-refractivity contribution is 5.95. The molecule has 1 aromatic carbocycles. The number of nitrogens with one attached hydrogen (secondary N) is 1. The highest BCUT2D eigenvalue weighted by Crippen LogP contribution is 2.17. The molecule has 0 fully saturated rings. The zero-order valence-electron chi connectivity index (χ0n) is 12.0. The van der Waals surface area contributed by atoms with E-state index in [-0.39, 0.29) is 12.5 Å². The number of hydrogen-bond donors (Lipinski definition) is 2. The molecule has 0 radical (unpaired) electrons. The van der Waals surface area contributed by atoms with Gasteiger partial charge in [0.1, 0.15) is 5.75 Å². The summed E-state index contributed by atoms with van der Waals surface area (Å²) in [6.45, 7) is 1.91. The minimum Gasteiger partial charge on any atom is -0.497 e. The van der Waals surface area contributed by atoms with E-state index in [9.17, 15) is 9.90 Å². The van der Waals surface area contributed by atoms with E-state index in [4.69, 9.17) is 4.74 Å². The van der Waals surface area contributed by atoms with Gasteiger partial charge in [-0.05, 0) is 36.8 Å². The number of aromatic nitrogens is 1. The lowest BCUT2D eigenvalue weighted by molar-refractivity contribution is 0.0915. The number of amides is 1. The fourth-order valence-corrected chi connectivity index (χ4v) is 1.95. The van der Waals surface area contributed by atoms with E-state index in [1.807, 2.05) is 0 Å². The molecule has 5 heteroatoms. The predicted molar refractivity (Wildman–Crippen MR) is 79.3 cm³/mol. The molecule has 2 aromatic rings. The van der Waals surface area contributed by atoms with Gasteiger partial charge >= 0.3 is 0 Å². The Morgan fingerprint density at radius 1 is 1.33 bits per heavy atom. The predicted octanol–water partition coefficient (Wildman–Crippen LogP) is 1.86. The first kappa shape index (κ1) is 15.0. The quantitative estimate of drug-likeness (QED) is 0.880. The zero-order valence-corrected chi connectivity index (χ0v) is 12.0. The lowest BCUT2D eigenvalue weighted by Gasteiger charge is -2.13. The largest absolute Gasteiger partial charge is 0.497 e. The fraction of sp³-hybridized carbons (Fsp3) is 0.250. The molecule has 2 rings (SSSR count). The van der Waals surface area contributed by atoms with Crippen LogP contribution in [0.25, 0.3) is 0 Å². The normalized spacial score (nSPS) is 11.8. The van der Waals surface area contributed by atoms with Crippen LogP contribution in [0.15, 0.2) is 42.6 Å². The van der Waals surface area contributed by atoms with E-state index in [1.54, 1.807) is 56.6 Å². The molecule has 1 amide bonds. The van der Waals surface area contributed by atoms with Crippen LogP contribution in [0.2, 0.25) is 0 Å². The third-order valence-corrected chi connectivity index (χ3v) is 3.21. The van der Waals surface area contributed by atoms with Crippen LogP contribution in [0.1, 0.15) is 27.7 Å². The molecule has 1 aromatic heterocycles. The number of carbonyl (C=O) groups excluding carboxylic acids is 1. The van der Waals surface area contributed by atoms with E-state index < -0.39 is 6.10 Å². The second-order valence-corrected chi connectivity index (χ2v) is 4.64. The molecule has 0 aliphatic heterocycles. The molecular formula is C16H18N2O3. The fourth-order valence-electron chi connectivity index (χ4n) is 1.95. The second kappa shape index (κ2) is 6.85. The maximum Gasteiger partial charge on any atom is 0.253 e. The molecule has 0 aliphatic carbocycles. The number of hydrogen-bond acceptors (Lipinski definition) is 4. The van der Waals surface area contributed by atoms with E-state index in [2.05, 4.69) is 10.3 Å². The van der Waals surface area contributed by atoms with Crippen molar-refractivity contribution in [1.29, 1.82) is 0 Å². The summed E-state index contributed by atoms with van der Waals surface area (Å²) in [5, 5.41) is 12.8. The summed E-state index contributed by atoms with van der Waals surface area (Å²) >= 11 is 0. The number of rotatable bonds is 5. The van der Waals surface area contributed by atoms with Crippen LogP contribution in [0.5, 0.6) is 5.75 Å². The SMILES string of the molecule is COc1ccc(C(O)CNC(=O)c2cccnc2C)cc1. The molecule has 0 aliphatic rings. The lowest BCUT2D eigenvalue weighted by Crippen LogP contribution is -2.29. The van der Waals surface area contributed by atoms with Crippen LogP contribution < -0.4 is 10.1 Å². The summed E-state index contributed by atoms with van der Waals surface area (Å²) in [6.07, 6.45) is 0.870. The van der Waals surface area contributed by atoms with Crippen molar-refractivity contribution in [3.63, 3.8) is 0 Å². The lowest BCUT2D eigenvalue weighted by atomic mass is 10.1. The minimum atomic E-state index is -0.767. The third-order valence-electron chi connectivity index (χ3n) is 3.21. The molecule has 0 saturated carbocycles. The Morgan fingerprint density at radius 2 is 2.05 bits per heavy atom. The van der Waals surface area contributed by atoms with Crippen molar-refractivity contribution in [3.8, 4) is 5.75 Å². The van der Waals surface area contributed by atoms with Gasteiger partial charge in [-0.1, -0.05) is 12.1 Å². The summed E-state index contributed by atoms with van der Waals surface area (Å²) < 4.78 is 5.06. The topological polar surface area (TPSA) is 71.5 Å². The highest BCUT2D eigenvalue weighted by atomic mass is 16.5. The summed E-state index contributed by atoms with van der Waals surface area (Å²) in [6, 6.07) is 10.5. The number of nitrogens with zero attached hydrogens (tertiary/aromatic N) is 1. The van der Waals surface area contributed by atoms with Crippen LogP contribution in [0.3, 0.4) is 0 Å². The monoisotopic (exact) mass is 286 g/mol. The molecule has 0 saturated heterocycles. The maximum absolute atomic E-state index is 12.0. The van der Waals surface area contributed by atoms with Crippen LogP contribution in [0, 0.1) is 6.92 Å². The Bertz CT molecular complexity index is 611. The van der Waals surface area contributed by atoms with Gasteiger partial charge in [0.05, 0.1) is 18.8 Å². The van der Waals surface area contributed by atoms with Crippen molar-refractivity contribution in [2.24, 2.45) is 0 Å². The summed E-state index contributed by atoms with van der Waals surface area (Å²) in [7, 11) is 1.59. The van der Waals surface area contributed by atoms with Crippen molar-refractivity contribution in [2.45, 2.75) is 13.0 Å². The smallest absolute Gasteiger partial charge is 0.253 e. The van der Waals surface area contributed by atoms with Crippen LogP contribution in [0.4, 0.5) is 0 Å². The molecule has 1 unspecified atom stereocenters. The van der Waals surface area contributed by atoms with E-state index >= 15 is 0 Å². The standard InChI is InChI=1S/C16H18N2O3/c1-11-14(4-3-9-17-11)16(20)18-10-15(19)12-5-7-13(21-2)8-6-12/h3-9,15,19H,10H2,1-2H3,(H,18,20). The first-order valence-corrected chi connectivity index (χ1v) is 6.63. The van der Waals surface area contributed by atoms with Crippen molar-refractivity contribution in [1.82, 2.24) is 10.3 Å². The summed E-state index contributed by atoms with van der Waals surface area (Å²) in [5.74, 6) is 0.481. The van der Waals surface area contributed by atoms with E-state index in [0.717, 1.165) is 11.3 Å². The zero-order chi connectivity index (χ0) is 15.2. The Morgan fingerprint density at radius 3 is 2.67 bits per heavy atom. The van der Waals surface area contributed by atoms with Crippen LogP contribution in [-0.4, -0.2) is 29.7 Å². The number of ether oxygens (including phenoxy) is 1. The van der Waals surface area contributed by atoms with Gasteiger partial charge in [-0.15, -0.1) is 0 Å². The Kier molecular flexibility index (Phi) is 4.90. The second-order valence-electron chi connectivity index (χ2n) is 4.64. The van der Waals surface area contributed by atoms with Crippen molar-refractivity contribution in [3.05, 3.63) is 59.4 Å². The van der Waals surface area contributed by atoms with Gasteiger partial charge in [0.15, 0.2) is 0 Å². The molecule has 0 bridgehead atoms. The maximum atomic E-state index is 12.0. The first-order chi connectivity index (χ1) is 10.1. The van der Waals surface area contributed by atoms with Gasteiger partial charge in [0.2, 0.25) is 0 Å². The van der Waals surface area contributed by atoms with E-state index in [0.29, 0.717) is 11.3 Å². The average molecular weight is 286 g/mol. The number of carbonyl (C=O) groups is 1. The van der Waals surface area contributed by atoms with Gasteiger partial charge in [-0.25, -0.2) is 0 Å². The van der Waals surface area contributed by atoms with E-state index in [1.165, 1.54) is 0 Å². The van der Waals surface area contributed by atoms with Gasteiger partial charge in [0.25, 0.3) is 5.91 Å². The molecular weight excluding hydrogens is 268 g/mol. The van der Waals surface area contributed by atoms with Gasteiger partial charge < -0.3 is 15.2 Å². The Balaban J connectivity index is 1.95. The van der Waals surface area contributed by atoms with Gasteiger partial charge in [0, 0.05) is 18.4 Å². The number of pyridine rings is 1. The molecule has 1 heterocycles.